The molecule has 0 radical (unpaired) electrons. The number of hydrogen-bond acceptors (Lipinski definition) is 2. The standard InChI is InChI=1S/C18H21ClN2O/c1-3-21(4-2)15-11-9-14(10-12-15)13-20-18(22)16-7-5-6-8-17(16)19/h5-12H,3-4,13H2,1-2H3,(H,20,22). The van der Waals surface area contributed by atoms with Crippen molar-refractivity contribution in [2.75, 3.05) is 18.0 Å². The lowest BCUT2D eigenvalue weighted by Crippen LogP contribution is -2.23. The molecule has 0 atom stereocenters. The quantitative estimate of drug-likeness (QED) is 0.869. The van der Waals surface area contributed by atoms with Crippen LogP contribution in [0.4, 0.5) is 5.69 Å². The Bertz CT molecular complexity index is 621. The molecule has 4 heteroatoms. The predicted octanol–water partition coefficient (Wildman–Crippen LogP) is 4.12. The van der Waals surface area contributed by atoms with Gasteiger partial charge in [0.15, 0.2) is 0 Å². The number of hydrogen-bond donors (Lipinski definition) is 1. The summed E-state index contributed by atoms with van der Waals surface area (Å²) >= 11 is 6.02. The van der Waals surface area contributed by atoms with E-state index in [1.807, 2.05) is 18.2 Å². The zero-order chi connectivity index (χ0) is 15.9. The lowest BCUT2D eigenvalue weighted by atomic mass is 10.1. The highest BCUT2D eigenvalue weighted by Gasteiger charge is 2.09. The molecule has 0 aromatic heterocycles. The smallest absolute Gasteiger partial charge is 0.253 e. The van der Waals surface area contributed by atoms with Crippen LogP contribution in [0, 0.1) is 0 Å². The highest BCUT2D eigenvalue weighted by molar-refractivity contribution is 6.33. The molecule has 0 aliphatic heterocycles. The van der Waals surface area contributed by atoms with E-state index in [0.717, 1.165) is 18.7 Å². The Hall–Kier alpha value is -2.00. The molecule has 0 saturated heterocycles. The number of nitrogens with one attached hydrogen (secondary N) is 1. The average molecular weight is 317 g/mol. The van der Waals surface area contributed by atoms with Crippen molar-refractivity contribution in [3.05, 3.63) is 64.7 Å². The van der Waals surface area contributed by atoms with E-state index in [0.29, 0.717) is 17.1 Å². The molecule has 1 N–H and O–H groups in total. The van der Waals surface area contributed by atoms with Gasteiger partial charge in [-0.2, -0.15) is 0 Å². The van der Waals surface area contributed by atoms with Crippen molar-refractivity contribution in [3.63, 3.8) is 0 Å². The number of halogens is 1. The monoisotopic (exact) mass is 316 g/mol. The highest BCUT2D eigenvalue weighted by Crippen LogP contribution is 2.16. The summed E-state index contributed by atoms with van der Waals surface area (Å²) in [6.45, 7) is 6.74. The number of amides is 1. The molecule has 0 aliphatic carbocycles. The molecule has 0 heterocycles. The van der Waals surface area contributed by atoms with E-state index in [1.165, 1.54) is 5.69 Å². The van der Waals surface area contributed by atoms with Gasteiger partial charge < -0.3 is 10.2 Å². The van der Waals surface area contributed by atoms with Crippen LogP contribution in [0.2, 0.25) is 5.02 Å². The molecule has 0 saturated carbocycles. The van der Waals surface area contributed by atoms with Crippen LogP contribution < -0.4 is 10.2 Å². The van der Waals surface area contributed by atoms with Crippen molar-refractivity contribution in [3.8, 4) is 0 Å². The molecule has 3 nitrogen and oxygen atoms in total. The van der Waals surface area contributed by atoms with Gasteiger partial charge in [-0.05, 0) is 43.7 Å². The SMILES string of the molecule is CCN(CC)c1ccc(CNC(=O)c2ccccc2Cl)cc1. The minimum atomic E-state index is -0.154. The lowest BCUT2D eigenvalue weighted by Gasteiger charge is -2.21. The molecule has 2 rings (SSSR count). The molecule has 0 spiro atoms. The van der Waals surface area contributed by atoms with Gasteiger partial charge in [0.25, 0.3) is 5.91 Å². The van der Waals surface area contributed by atoms with Gasteiger partial charge in [-0.3, -0.25) is 4.79 Å². The molecule has 0 fully saturated rings. The van der Waals surface area contributed by atoms with Crippen LogP contribution in [0.15, 0.2) is 48.5 Å². The third-order valence-electron chi connectivity index (χ3n) is 3.64. The summed E-state index contributed by atoms with van der Waals surface area (Å²) in [4.78, 5) is 14.4. The highest BCUT2D eigenvalue weighted by atomic mass is 35.5. The van der Waals surface area contributed by atoms with Crippen molar-refractivity contribution in [1.82, 2.24) is 5.32 Å². The van der Waals surface area contributed by atoms with E-state index < -0.39 is 0 Å². The summed E-state index contributed by atoms with van der Waals surface area (Å²) in [5, 5.41) is 3.37. The van der Waals surface area contributed by atoms with Crippen LogP contribution in [-0.2, 0) is 6.54 Å². The van der Waals surface area contributed by atoms with Crippen molar-refractivity contribution in [2.24, 2.45) is 0 Å². The number of anilines is 1. The van der Waals surface area contributed by atoms with Crippen LogP contribution in [-0.4, -0.2) is 19.0 Å². The van der Waals surface area contributed by atoms with Gasteiger partial charge in [-0.1, -0.05) is 35.9 Å². The number of nitrogens with zero attached hydrogens (tertiary/aromatic N) is 1. The minimum absolute atomic E-state index is 0.154. The van der Waals surface area contributed by atoms with E-state index in [4.69, 9.17) is 11.6 Å². The summed E-state index contributed by atoms with van der Waals surface area (Å²) < 4.78 is 0. The van der Waals surface area contributed by atoms with E-state index in [-0.39, 0.29) is 5.91 Å². The molecular formula is C18H21ClN2O. The second-order valence-corrected chi connectivity index (χ2v) is 5.41. The second kappa shape index (κ2) is 7.85. The normalized spacial score (nSPS) is 10.3. The largest absolute Gasteiger partial charge is 0.372 e. The van der Waals surface area contributed by atoms with Crippen LogP contribution >= 0.6 is 11.6 Å². The number of benzene rings is 2. The van der Waals surface area contributed by atoms with Crippen LogP contribution in [0.3, 0.4) is 0 Å². The van der Waals surface area contributed by atoms with Gasteiger partial charge in [0.1, 0.15) is 0 Å². The molecule has 0 bridgehead atoms. The summed E-state index contributed by atoms with van der Waals surface area (Å²) in [6, 6.07) is 15.3. The van der Waals surface area contributed by atoms with Gasteiger partial charge in [-0.15, -0.1) is 0 Å². The first kappa shape index (κ1) is 16.4. The molecule has 0 unspecified atom stereocenters. The Balaban J connectivity index is 1.97. The van der Waals surface area contributed by atoms with E-state index in [9.17, 15) is 4.79 Å². The molecule has 22 heavy (non-hydrogen) atoms. The van der Waals surface area contributed by atoms with Crippen molar-refractivity contribution in [1.29, 1.82) is 0 Å². The Labute approximate surface area is 136 Å². The van der Waals surface area contributed by atoms with E-state index >= 15 is 0 Å². The average Bonchev–Trinajstić information content (AvgIpc) is 2.55. The molecule has 2 aromatic carbocycles. The maximum absolute atomic E-state index is 12.1. The first-order chi connectivity index (χ1) is 10.7. The Morgan fingerprint density at radius 2 is 1.68 bits per heavy atom. The number of carbonyl (C=O) groups is 1. The second-order valence-electron chi connectivity index (χ2n) is 5.00. The topological polar surface area (TPSA) is 32.3 Å². The van der Waals surface area contributed by atoms with Crippen LogP contribution in [0.5, 0.6) is 0 Å². The molecule has 1 amide bonds. The van der Waals surface area contributed by atoms with Crippen LogP contribution in [0.1, 0.15) is 29.8 Å². The Kier molecular flexibility index (Phi) is 5.84. The van der Waals surface area contributed by atoms with Crippen molar-refractivity contribution >= 4 is 23.2 Å². The van der Waals surface area contributed by atoms with Gasteiger partial charge in [0, 0.05) is 25.3 Å². The number of rotatable bonds is 6. The van der Waals surface area contributed by atoms with Gasteiger partial charge in [-0.25, -0.2) is 0 Å². The fourth-order valence-electron chi connectivity index (χ4n) is 2.34. The summed E-state index contributed by atoms with van der Waals surface area (Å²) in [5.74, 6) is -0.154. The van der Waals surface area contributed by atoms with Gasteiger partial charge >= 0.3 is 0 Å². The summed E-state index contributed by atoms with van der Waals surface area (Å²) in [7, 11) is 0. The fraction of sp³-hybridized carbons (Fsp3) is 0.278. The maximum Gasteiger partial charge on any atom is 0.253 e. The zero-order valence-corrected chi connectivity index (χ0v) is 13.7. The fourth-order valence-corrected chi connectivity index (χ4v) is 2.56. The third kappa shape index (κ3) is 4.01. The number of carbonyl (C=O) groups excluding carboxylic acids is 1. The molecule has 2 aromatic rings. The van der Waals surface area contributed by atoms with Gasteiger partial charge in [0.2, 0.25) is 0 Å². The lowest BCUT2D eigenvalue weighted by molar-refractivity contribution is 0.0951. The molecule has 0 aliphatic rings. The third-order valence-corrected chi connectivity index (χ3v) is 3.97. The maximum atomic E-state index is 12.1. The Morgan fingerprint density at radius 3 is 2.27 bits per heavy atom. The van der Waals surface area contributed by atoms with Crippen molar-refractivity contribution in [2.45, 2.75) is 20.4 Å². The van der Waals surface area contributed by atoms with Crippen molar-refractivity contribution < 1.29 is 4.79 Å². The molecular weight excluding hydrogens is 296 g/mol. The Morgan fingerprint density at radius 1 is 1.05 bits per heavy atom. The summed E-state index contributed by atoms with van der Waals surface area (Å²) in [6.07, 6.45) is 0. The molecule has 116 valence electrons. The predicted molar refractivity (Wildman–Crippen MR) is 92.6 cm³/mol. The van der Waals surface area contributed by atoms with Crippen LogP contribution in [0.25, 0.3) is 0 Å². The first-order valence-corrected chi connectivity index (χ1v) is 7.90. The zero-order valence-electron chi connectivity index (χ0n) is 13.0. The summed E-state index contributed by atoms with van der Waals surface area (Å²) in [5.41, 5.74) is 2.77. The van der Waals surface area contributed by atoms with E-state index in [2.05, 4.69) is 36.2 Å². The van der Waals surface area contributed by atoms with Gasteiger partial charge in [0.05, 0.1) is 10.6 Å². The van der Waals surface area contributed by atoms with E-state index in [1.54, 1.807) is 18.2 Å². The first-order valence-electron chi connectivity index (χ1n) is 7.52. The minimum Gasteiger partial charge on any atom is -0.372 e.